The number of rotatable bonds is 5. The first-order valence-corrected chi connectivity index (χ1v) is 7.69. The molecule has 5 heteroatoms. The number of nitrogens with one attached hydrogen (secondary N) is 1. The van der Waals surface area contributed by atoms with Crippen LogP contribution < -0.4 is 10.1 Å². The van der Waals surface area contributed by atoms with Gasteiger partial charge in [-0.25, -0.2) is 4.39 Å². The summed E-state index contributed by atoms with van der Waals surface area (Å²) in [4.78, 5) is 11.9. The minimum atomic E-state index is -0.295. The Balaban J connectivity index is 1.87. The van der Waals surface area contributed by atoms with Gasteiger partial charge in [-0.3, -0.25) is 4.79 Å². The number of carbonyl (C=O) groups is 1. The summed E-state index contributed by atoms with van der Waals surface area (Å²) >= 11 is 3.41. The van der Waals surface area contributed by atoms with Crippen LogP contribution in [0.3, 0.4) is 0 Å². The molecule has 0 spiro atoms. The van der Waals surface area contributed by atoms with Crippen molar-refractivity contribution >= 4 is 21.8 Å². The zero-order valence-corrected chi connectivity index (χ0v) is 14.0. The first-order chi connectivity index (χ1) is 10.5. The molecule has 2 aromatic rings. The van der Waals surface area contributed by atoms with Gasteiger partial charge in [-0.2, -0.15) is 0 Å². The highest BCUT2D eigenvalue weighted by Crippen LogP contribution is 2.21. The van der Waals surface area contributed by atoms with E-state index in [1.807, 2.05) is 26.0 Å². The molecule has 1 amide bonds. The lowest BCUT2D eigenvalue weighted by atomic mass is 10.1. The van der Waals surface area contributed by atoms with Crippen molar-refractivity contribution in [3.05, 3.63) is 63.9 Å². The molecule has 0 heterocycles. The van der Waals surface area contributed by atoms with Crippen LogP contribution in [0, 0.1) is 12.7 Å². The van der Waals surface area contributed by atoms with Crippen molar-refractivity contribution < 1.29 is 13.9 Å². The molecule has 2 rings (SSSR count). The molecule has 0 aliphatic rings. The minimum absolute atomic E-state index is 0.0629. The summed E-state index contributed by atoms with van der Waals surface area (Å²) < 4.78 is 19.3. The van der Waals surface area contributed by atoms with Crippen LogP contribution in [0.15, 0.2) is 46.9 Å². The second kappa shape index (κ2) is 7.40. The van der Waals surface area contributed by atoms with E-state index in [4.69, 9.17) is 4.74 Å². The van der Waals surface area contributed by atoms with Crippen molar-refractivity contribution in [3.63, 3.8) is 0 Å². The molecule has 0 fully saturated rings. The molecule has 0 unspecified atom stereocenters. The highest BCUT2D eigenvalue weighted by Gasteiger charge is 2.10. The van der Waals surface area contributed by atoms with Crippen molar-refractivity contribution in [2.24, 2.45) is 0 Å². The lowest BCUT2D eigenvalue weighted by Gasteiger charge is -2.15. The molecular formula is C17H17BrFNO2. The molecule has 1 atom stereocenters. The molecule has 0 radical (unpaired) electrons. The Labute approximate surface area is 137 Å². The SMILES string of the molecule is Cc1cc(OCC(=O)N[C@@H](C)c2ccc(F)cc2)ccc1Br. The number of carbonyl (C=O) groups excluding carboxylic acids is 1. The molecule has 3 nitrogen and oxygen atoms in total. The predicted molar refractivity (Wildman–Crippen MR) is 87.3 cm³/mol. The number of benzene rings is 2. The van der Waals surface area contributed by atoms with Gasteiger partial charge in [0, 0.05) is 4.47 Å². The maximum Gasteiger partial charge on any atom is 0.258 e. The summed E-state index contributed by atoms with van der Waals surface area (Å²) in [5.41, 5.74) is 1.88. The number of hydrogen-bond donors (Lipinski definition) is 1. The average molecular weight is 366 g/mol. The van der Waals surface area contributed by atoms with Gasteiger partial charge < -0.3 is 10.1 Å². The van der Waals surface area contributed by atoms with E-state index in [1.165, 1.54) is 12.1 Å². The second-order valence-electron chi connectivity index (χ2n) is 5.04. The summed E-state index contributed by atoms with van der Waals surface area (Å²) in [5.74, 6) is 0.124. The van der Waals surface area contributed by atoms with Crippen molar-refractivity contribution in [3.8, 4) is 5.75 Å². The Bertz CT molecular complexity index is 658. The Hall–Kier alpha value is -1.88. The summed E-state index contributed by atoms with van der Waals surface area (Å²) in [5, 5.41) is 2.82. The number of hydrogen-bond acceptors (Lipinski definition) is 2. The van der Waals surface area contributed by atoms with Gasteiger partial charge in [-0.1, -0.05) is 28.1 Å². The first-order valence-electron chi connectivity index (χ1n) is 6.89. The Morgan fingerprint density at radius 2 is 1.95 bits per heavy atom. The van der Waals surface area contributed by atoms with E-state index in [1.54, 1.807) is 18.2 Å². The molecule has 0 saturated carbocycles. The van der Waals surface area contributed by atoms with Crippen LogP contribution >= 0.6 is 15.9 Å². The van der Waals surface area contributed by atoms with Crippen LogP contribution in [-0.2, 0) is 4.79 Å². The standard InChI is InChI=1S/C17H17BrFNO2/c1-11-9-15(7-8-16(11)18)22-10-17(21)20-12(2)13-3-5-14(19)6-4-13/h3-9,12H,10H2,1-2H3,(H,20,21)/t12-/m0/s1. The maximum absolute atomic E-state index is 12.9. The Morgan fingerprint density at radius 1 is 1.27 bits per heavy atom. The van der Waals surface area contributed by atoms with Crippen LogP contribution in [0.2, 0.25) is 0 Å². The monoisotopic (exact) mass is 365 g/mol. The van der Waals surface area contributed by atoms with Crippen molar-refractivity contribution in [1.29, 1.82) is 0 Å². The van der Waals surface area contributed by atoms with E-state index in [0.29, 0.717) is 5.75 Å². The molecule has 0 aromatic heterocycles. The van der Waals surface area contributed by atoms with Crippen LogP contribution in [0.25, 0.3) is 0 Å². The quantitative estimate of drug-likeness (QED) is 0.863. The third kappa shape index (κ3) is 4.56. The van der Waals surface area contributed by atoms with Gasteiger partial charge in [-0.15, -0.1) is 0 Å². The van der Waals surface area contributed by atoms with Gasteiger partial charge >= 0.3 is 0 Å². The molecular weight excluding hydrogens is 349 g/mol. The fourth-order valence-electron chi connectivity index (χ4n) is 1.97. The number of halogens is 2. The van der Waals surface area contributed by atoms with Crippen molar-refractivity contribution in [1.82, 2.24) is 5.32 Å². The highest BCUT2D eigenvalue weighted by molar-refractivity contribution is 9.10. The van der Waals surface area contributed by atoms with Gasteiger partial charge in [0.25, 0.3) is 5.91 Å². The van der Waals surface area contributed by atoms with Gasteiger partial charge in [-0.05, 0) is 55.3 Å². The fraction of sp³-hybridized carbons (Fsp3) is 0.235. The maximum atomic E-state index is 12.9. The predicted octanol–water partition coefficient (Wildman–Crippen LogP) is 4.15. The van der Waals surface area contributed by atoms with Gasteiger partial charge in [0.15, 0.2) is 6.61 Å². The van der Waals surface area contributed by atoms with Gasteiger partial charge in [0.2, 0.25) is 0 Å². The lowest BCUT2D eigenvalue weighted by molar-refractivity contribution is -0.123. The van der Waals surface area contributed by atoms with E-state index in [-0.39, 0.29) is 24.4 Å². The fourth-order valence-corrected chi connectivity index (χ4v) is 2.22. The summed E-state index contributed by atoms with van der Waals surface area (Å²) in [6.45, 7) is 3.73. The molecule has 22 heavy (non-hydrogen) atoms. The van der Waals surface area contributed by atoms with Gasteiger partial charge in [0.1, 0.15) is 11.6 Å². The van der Waals surface area contributed by atoms with E-state index < -0.39 is 0 Å². The minimum Gasteiger partial charge on any atom is -0.484 e. The molecule has 0 aliphatic heterocycles. The smallest absolute Gasteiger partial charge is 0.258 e. The molecule has 2 aromatic carbocycles. The van der Waals surface area contributed by atoms with Crippen LogP contribution in [0.1, 0.15) is 24.1 Å². The summed E-state index contributed by atoms with van der Waals surface area (Å²) in [7, 11) is 0. The van der Waals surface area contributed by atoms with E-state index >= 15 is 0 Å². The molecule has 0 bridgehead atoms. The largest absolute Gasteiger partial charge is 0.484 e. The molecule has 116 valence electrons. The third-order valence-corrected chi connectivity index (χ3v) is 4.14. The van der Waals surface area contributed by atoms with Crippen molar-refractivity contribution in [2.75, 3.05) is 6.61 Å². The first kappa shape index (κ1) is 16.5. The zero-order valence-electron chi connectivity index (χ0n) is 12.4. The highest BCUT2D eigenvalue weighted by atomic mass is 79.9. The van der Waals surface area contributed by atoms with Crippen LogP contribution in [-0.4, -0.2) is 12.5 Å². The third-order valence-electron chi connectivity index (χ3n) is 3.25. The van der Waals surface area contributed by atoms with Crippen LogP contribution in [0.4, 0.5) is 4.39 Å². The molecule has 0 saturated heterocycles. The average Bonchev–Trinajstić information content (AvgIpc) is 2.49. The summed E-state index contributed by atoms with van der Waals surface area (Å²) in [6.07, 6.45) is 0. The van der Waals surface area contributed by atoms with E-state index in [0.717, 1.165) is 15.6 Å². The molecule has 0 aliphatic carbocycles. The van der Waals surface area contributed by atoms with Crippen molar-refractivity contribution in [2.45, 2.75) is 19.9 Å². The normalized spacial score (nSPS) is 11.8. The van der Waals surface area contributed by atoms with Crippen LogP contribution in [0.5, 0.6) is 5.75 Å². The van der Waals surface area contributed by atoms with E-state index in [2.05, 4.69) is 21.2 Å². The lowest BCUT2D eigenvalue weighted by Crippen LogP contribution is -2.31. The number of aryl methyl sites for hydroxylation is 1. The topological polar surface area (TPSA) is 38.3 Å². The van der Waals surface area contributed by atoms with Gasteiger partial charge in [0.05, 0.1) is 6.04 Å². The number of amides is 1. The summed E-state index contributed by atoms with van der Waals surface area (Å²) in [6, 6.07) is 11.4. The Morgan fingerprint density at radius 3 is 2.59 bits per heavy atom. The van der Waals surface area contributed by atoms with E-state index in [9.17, 15) is 9.18 Å². The number of ether oxygens (including phenoxy) is 1. The Kier molecular flexibility index (Phi) is 5.55. The zero-order chi connectivity index (χ0) is 16.1. The molecule has 1 N–H and O–H groups in total. The second-order valence-corrected chi connectivity index (χ2v) is 5.89.